The number of piperidine rings is 1. The number of Topliss-reactive ketones (excluding diaryl/α,β-unsaturated/α-hetero) is 1. The molecule has 0 saturated carbocycles. The normalized spacial score (nSPS) is 19.1. The van der Waals surface area contributed by atoms with Gasteiger partial charge in [0.15, 0.2) is 5.78 Å². The first-order chi connectivity index (χ1) is 18.4. The average Bonchev–Trinajstić information content (AvgIpc) is 3.33. The van der Waals surface area contributed by atoms with Crippen LogP contribution in [0.25, 0.3) is 22.2 Å². The minimum Gasteiger partial charge on any atom is -0.328 e. The Kier molecular flexibility index (Phi) is 5.09. The van der Waals surface area contributed by atoms with Crippen LogP contribution in [0, 0.1) is 0 Å². The zero-order valence-electron chi connectivity index (χ0n) is 24.7. The van der Waals surface area contributed by atoms with Crippen LogP contribution in [0.15, 0.2) is 49.1 Å². The second kappa shape index (κ2) is 9.83. The molecule has 176 valence electrons. The third-order valence-electron chi connectivity index (χ3n) is 6.10. The van der Waals surface area contributed by atoms with Crippen molar-refractivity contribution in [2.24, 2.45) is 7.05 Å². The Bertz CT molecular complexity index is 1510. The van der Waals surface area contributed by atoms with Crippen LogP contribution in [-0.4, -0.2) is 67.3 Å². The van der Waals surface area contributed by atoms with Crippen molar-refractivity contribution in [3.8, 4) is 11.3 Å². The molecule has 0 unspecified atom stereocenters. The Hall–Kier alpha value is -2.79. The first-order valence-corrected chi connectivity index (χ1v) is 10.8. The molecule has 4 aromatic heterocycles. The van der Waals surface area contributed by atoms with Crippen LogP contribution < -0.4 is 0 Å². The molecule has 0 bridgehead atoms. The van der Waals surface area contributed by atoms with Crippen molar-refractivity contribution in [3.05, 3.63) is 66.0 Å². The Morgan fingerprint density at radius 2 is 1.97 bits per heavy atom. The van der Waals surface area contributed by atoms with Gasteiger partial charge in [0.25, 0.3) is 0 Å². The van der Waals surface area contributed by atoms with E-state index in [1.807, 2.05) is 12.1 Å². The number of quaternary nitrogens is 1. The fraction of sp³-hybridized carbons (Fsp3) is 0.360. The van der Waals surface area contributed by atoms with Crippen LogP contribution in [0.2, 0.25) is 0 Å². The number of carbonyl (C=O) groups excluding carboxylic acids is 1. The Morgan fingerprint density at radius 3 is 2.71 bits per heavy atom. The minimum absolute atomic E-state index is 0. The lowest BCUT2D eigenvalue weighted by atomic mass is 9.91. The predicted molar refractivity (Wildman–Crippen MR) is 141 cm³/mol. The predicted octanol–water partition coefficient (Wildman–Crippen LogP) is 3.82. The highest BCUT2D eigenvalue weighted by molar-refractivity contribution is 14.0. The molecule has 0 atom stereocenters. The second-order valence-electron chi connectivity index (χ2n) is 8.63. The third kappa shape index (κ3) is 5.30. The molecular weight excluding hydrogens is 541 g/mol. The van der Waals surface area contributed by atoms with Gasteiger partial charge in [-0.05, 0) is 24.3 Å². The summed E-state index contributed by atoms with van der Waals surface area (Å²) in [7, 11) is 1.79. The molecule has 0 spiro atoms. The summed E-state index contributed by atoms with van der Waals surface area (Å²) in [6.45, 7) is -5.30. The van der Waals surface area contributed by atoms with Gasteiger partial charge in [-0.15, -0.1) is 29.1 Å². The van der Waals surface area contributed by atoms with Crippen LogP contribution in [0.3, 0.4) is 0 Å². The molecule has 4 aromatic rings. The summed E-state index contributed by atoms with van der Waals surface area (Å²) in [5.74, 6) is -0.257. The van der Waals surface area contributed by atoms with E-state index < -0.39 is 18.4 Å². The van der Waals surface area contributed by atoms with E-state index in [9.17, 15) is 4.79 Å². The van der Waals surface area contributed by atoms with Crippen LogP contribution in [0.4, 0.5) is 0 Å². The number of fused-ring (bicyclic) bond motifs is 1. The van der Waals surface area contributed by atoms with Crippen molar-refractivity contribution in [3.63, 3.8) is 0 Å². The topological polar surface area (TPSA) is 86.5 Å². The molecule has 1 aliphatic heterocycles. The van der Waals surface area contributed by atoms with E-state index in [2.05, 4.69) is 25.3 Å². The molecule has 0 aromatic carbocycles. The quantitative estimate of drug-likeness (QED) is 0.204. The SMILES string of the molecule is I.[2H]C([2H])([2H])[N+]1(C([2H])([2H])[2H])CCC(c2cc(C(=O)Cc3cc4cc(-c5cn(C)nn5)cnc4cn3)ccn2)CC1. The number of aromatic nitrogens is 6. The summed E-state index contributed by atoms with van der Waals surface area (Å²) in [4.78, 5) is 26.5. The van der Waals surface area contributed by atoms with Gasteiger partial charge in [-0.25, -0.2) is 0 Å². The van der Waals surface area contributed by atoms with Crippen molar-refractivity contribution in [2.45, 2.75) is 25.2 Å². The van der Waals surface area contributed by atoms with Gasteiger partial charge in [-0.2, -0.15) is 0 Å². The smallest absolute Gasteiger partial charge is 0.168 e. The summed E-state index contributed by atoms with van der Waals surface area (Å²) >= 11 is 0. The van der Waals surface area contributed by atoms with Crippen molar-refractivity contribution < 1.29 is 17.5 Å². The molecule has 0 aliphatic carbocycles. The molecule has 8 nitrogen and oxygen atoms in total. The van der Waals surface area contributed by atoms with Crippen LogP contribution in [0.5, 0.6) is 0 Å². The van der Waals surface area contributed by atoms with E-state index in [0.29, 0.717) is 41.0 Å². The largest absolute Gasteiger partial charge is 0.328 e. The number of ketones is 1. The highest BCUT2D eigenvalue weighted by atomic mass is 127. The van der Waals surface area contributed by atoms with Crippen LogP contribution >= 0.6 is 24.0 Å². The highest BCUT2D eigenvalue weighted by Crippen LogP contribution is 2.29. The molecule has 0 radical (unpaired) electrons. The summed E-state index contributed by atoms with van der Waals surface area (Å²) < 4.78 is 47.9. The maximum Gasteiger partial charge on any atom is 0.168 e. The third-order valence-corrected chi connectivity index (χ3v) is 6.10. The number of nitrogens with zero attached hydrogens (tertiary/aromatic N) is 7. The van der Waals surface area contributed by atoms with Crippen molar-refractivity contribution in [1.82, 2.24) is 29.9 Å². The van der Waals surface area contributed by atoms with E-state index in [4.69, 9.17) is 8.22 Å². The van der Waals surface area contributed by atoms with Gasteiger partial charge in [-0.1, -0.05) is 5.21 Å². The molecule has 34 heavy (non-hydrogen) atoms. The summed E-state index contributed by atoms with van der Waals surface area (Å²) in [6, 6.07) is 7.15. The molecule has 5 rings (SSSR count). The molecule has 5 heterocycles. The van der Waals surface area contributed by atoms with E-state index in [0.717, 1.165) is 10.9 Å². The lowest BCUT2D eigenvalue weighted by Gasteiger charge is -2.37. The van der Waals surface area contributed by atoms with E-state index >= 15 is 0 Å². The number of likely N-dealkylation sites (tertiary alicyclic amines) is 1. The summed E-state index contributed by atoms with van der Waals surface area (Å²) in [6.07, 6.45) is 7.51. The summed E-state index contributed by atoms with van der Waals surface area (Å²) in [5.41, 5.74) is 3.95. The molecule has 1 saturated heterocycles. The second-order valence-corrected chi connectivity index (χ2v) is 8.63. The fourth-order valence-corrected chi connectivity index (χ4v) is 4.21. The van der Waals surface area contributed by atoms with Crippen LogP contribution in [0.1, 0.15) is 48.7 Å². The van der Waals surface area contributed by atoms with Crippen molar-refractivity contribution >= 4 is 40.7 Å². The number of carbonyl (C=O) groups is 1. The first kappa shape index (κ1) is 17.6. The van der Waals surface area contributed by atoms with Gasteiger partial charge < -0.3 is 4.48 Å². The van der Waals surface area contributed by atoms with Gasteiger partial charge >= 0.3 is 0 Å². The standard InChI is InChI=1S/C25H28N7O.HI/c1-31-16-24(29-30-31)20-10-19-11-21(27-15-23(19)28-14-20)13-25(33)18-4-7-26-22(12-18)17-5-8-32(2,3)9-6-17;/h4,7,10-12,14-17H,5-6,8-9,13H2,1-3H3;1H/q+1;/i2D3,3D3;. The Balaban J connectivity index is 0.00000370. The van der Waals surface area contributed by atoms with Crippen molar-refractivity contribution in [1.29, 1.82) is 0 Å². The Labute approximate surface area is 224 Å². The number of pyridine rings is 3. The number of hydrogen-bond acceptors (Lipinski definition) is 6. The molecule has 0 N–H and O–H groups in total. The van der Waals surface area contributed by atoms with Gasteiger partial charge in [-0.3, -0.25) is 24.4 Å². The van der Waals surface area contributed by atoms with E-state index in [1.54, 1.807) is 48.6 Å². The van der Waals surface area contributed by atoms with Gasteiger partial charge in [0.2, 0.25) is 0 Å². The zero-order valence-corrected chi connectivity index (χ0v) is 21.0. The Morgan fingerprint density at radius 1 is 1.15 bits per heavy atom. The first-order valence-electron chi connectivity index (χ1n) is 13.8. The lowest BCUT2D eigenvalue weighted by molar-refractivity contribution is -0.895. The fourth-order valence-electron chi connectivity index (χ4n) is 4.21. The van der Waals surface area contributed by atoms with Crippen LogP contribution in [-0.2, 0) is 13.5 Å². The maximum atomic E-state index is 13.2. The van der Waals surface area contributed by atoms with Gasteiger partial charge in [0.05, 0.1) is 59.6 Å². The number of aryl methyl sites for hydroxylation is 1. The van der Waals surface area contributed by atoms with E-state index in [1.165, 1.54) is 0 Å². The molecular formula is C25H29IN7O+. The number of halogens is 1. The van der Waals surface area contributed by atoms with Crippen molar-refractivity contribution in [2.75, 3.05) is 27.0 Å². The number of rotatable bonds is 5. The molecule has 0 amide bonds. The maximum absolute atomic E-state index is 13.2. The average molecular weight is 576 g/mol. The highest BCUT2D eigenvalue weighted by Gasteiger charge is 2.28. The number of hydrogen-bond donors (Lipinski definition) is 0. The summed E-state index contributed by atoms with van der Waals surface area (Å²) in [5, 5.41) is 8.91. The van der Waals surface area contributed by atoms with Gasteiger partial charge in [0, 0.05) is 66.1 Å². The zero-order chi connectivity index (χ0) is 28.0. The lowest BCUT2D eigenvalue weighted by Crippen LogP contribution is -2.45. The molecule has 1 aliphatic rings. The molecule has 1 fully saturated rings. The monoisotopic (exact) mass is 576 g/mol. The molecule has 9 heteroatoms. The van der Waals surface area contributed by atoms with E-state index in [-0.39, 0.29) is 55.2 Å². The minimum atomic E-state index is -2.64. The van der Waals surface area contributed by atoms with Gasteiger partial charge in [0.1, 0.15) is 5.69 Å².